The van der Waals surface area contributed by atoms with E-state index in [1.54, 1.807) is 0 Å². The van der Waals surface area contributed by atoms with E-state index in [4.69, 9.17) is 0 Å². The topological polar surface area (TPSA) is 26.7 Å². The van der Waals surface area contributed by atoms with Crippen molar-refractivity contribution < 1.29 is 5.11 Å². The van der Waals surface area contributed by atoms with Crippen molar-refractivity contribution in [3.8, 4) is 0 Å². The standard InChI is InChI=1S/C18H34N2O/c1-16(2)7-6-11-19-12-13-20(18(15-19)10-14-21)17-8-4-3-5-9-17/h6-7,16-18,21H,3-5,8-15H2,1-2H3/b7-6+. The Balaban J connectivity index is 1.87. The van der Waals surface area contributed by atoms with Crippen molar-refractivity contribution in [1.29, 1.82) is 0 Å². The molecule has 0 aromatic heterocycles. The summed E-state index contributed by atoms with van der Waals surface area (Å²) in [7, 11) is 0. The lowest BCUT2D eigenvalue weighted by molar-refractivity contribution is 0.0206. The van der Waals surface area contributed by atoms with Crippen LogP contribution >= 0.6 is 0 Å². The van der Waals surface area contributed by atoms with Crippen LogP contribution < -0.4 is 0 Å². The molecular weight excluding hydrogens is 260 g/mol. The number of hydrogen-bond acceptors (Lipinski definition) is 3. The molecule has 2 rings (SSSR count). The van der Waals surface area contributed by atoms with E-state index in [9.17, 15) is 5.11 Å². The van der Waals surface area contributed by atoms with Crippen LogP contribution in [0.1, 0.15) is 52.4 Å². The van der Waals surface area contributed by atoms with Gasteiger partial charge in [-0.2, -0.15) is 0 Å². The number of piperazine rings is 1. The second-order valence-electron chi connectivity index (χ2n) is 7.13. The highest BCUT2D eigenvalue weighted by atomic mass is 16.3. The summed E-state index contributed by atoms with van der Waals surface area (Å²) >= 11 is 0. The van der Waals surface area contributed by atoms with Gasteiger partial charge in [0, 0.05) is 44.9 Å². The van der Waals surface area contributed by atoms with Gasteiger partial charge in [-0.15, -0.1) is 0 Å². The Morgan fingerprint density at radius 1 is 1.14 bits per heavy atom. The summed E-state index contributed by atoms with van der Waals surface area (Å²) in [6.45, 7) is 9.34. The van der Waals surface area contributed by atoms with E-state index in [0.29, 0.717) is 18.6 Å². The Kier molecular flexibility index (Phi) is 7.21. The van der Waals surface area contributed by atoms with Crippen molar-refractivity contribution in [3.05, 3.63) is 12.2 Å². The van der Waals surface area contributed by atoms with Gasteiger partial charge in [0.15, 0.2) is 0 Å². The third-order valence-corrected chi connectivity index (χ3v) is 5.00. The molecule has 0 radical (unpaired) electrons. The third kappa shape index (κ3) is 5.39. The highest BCUT2D eigenvalue weighted by Crippen LogP contribution is 2.27. The molecule has 1 N–H and O–H groups in total. The van der Waals surface area contributed by atoms with Crippen LogP contribution in [0.2, 0.25) is 0 Å². The predicted octanol–water partition coefficient (Wildman–Crippen LogP) is 2.90. The first-order valence-corrected chi connectivity index (χ1v) is 8.96. The monoisotopic (exact) mass is 294 g/mol. The van der Waals surface area contributed by atoms with Gasteiger partial charge >= 0.3 is 0 Å². The highest BCUT2D eigenvalue weighted by molar-refractivity contribution is 4.92. The molecule has 1 unspecified atom stereocenters. The molecule has 0 aromatic carbocycles. The molecule has 21 heavy (non-hydrogen) atoms. The fourth-order valence-corrected chi connectivity index (χ4v) is 3.88. The molecule has 1 aliphatic heterocycles. The van der Waals surface area contributed by atoms with Gasteiger partial charge in [0.2, 0.25) is 0 Å². The van der Waals surface area contributed by atoms with Crippen molar-refractivity contribution >= 4 is 0 Å². The average Bonchev–Trinajstić information content (AvgIpc) is 2.48. The van der Waals surface area contributed by atoms with E-state index in [0.717, 1.165) is 25.6 Å². The summed E-state index contributed by atoms with van der Waals surface area (Å²) in [4.78, 5) is 5.27. The van der Waals surface area contributed by atoms with Gasteiger partial charge in [-0.1, -0.05) is 45.3 Å². The fraction of sp³-hybridized carbons (Fsp3) is 0.889. The first kappa shape index (κ1) is 17.0. The van der Waals surface area contributed by atoms with Crippen LogP contribution in [-0.4, -0.2) is 59.8 Å². The minimum Gasteiger partial charge on any atom is -0.396 e. The maximum atomic E-state index is 9.41. The molecule has 0 amide bonds. The minimum absolute atomic E-state index is 0.323. The lowest BCUT2D eigenvalue weighted by atomic mass is 9.92. The first-order chi connectivity index (χ1) is 10.2. The largest absolute Gasteiger partial charge is 0.396 e. The molecule has 2 fully saturated rings. The van der Waals surface area contributed by atoms with Crippen molar-refractivity contribution in [3.63, 3.8) is 0 Å². The smallest absolute Gasteiger partial charge is 0.0446 e. The van der Waals surface area contributed by atoms with Gasteiger partial charge in [-0.05, 0) is 25.2 Å². The zero-order valence-corrected chi connectivity index (χ0v) is 14.0. The van der Waals surface area contributed by atoms with E-state index < -0.39 is 0 Å². The normalized spacial score (nSPS) is 27.0. The van der Waals surface area contributed by atoms with E-state index in [1.165, 1.54) is 45.2 Å². The molecule has 0 aromatic rings. The van der Waals surface area contributed by atoms with Crippen LogP contribution in [0.3, 0.4) is 0 Å². The Morgan fingerprint density at radius 3 is 2.57 bits per heavy atom. The van der Waals surface area contributed by atoms with Crippen LogP contribution in [-0.2, 0) is 0 Å². The molecule has 3 heteroatoms. The summed E-state index contributed by atoms with van der Waals surface area (Å²) in [5, 5.41) is 9.41. The fourth-order valence-electron chi connectivity index (χ4n) is 3.88. The number of allylic oxidation sites excluding steroid dienone is 1. The summed E-state index contributed by atoms with van der Waals surface area (Å²) < 4.78 is 0. The van der Waals surface area contributed by atoms with Crippen LogP contribution in [0.4, 0.5) is 0 Å². The number of rotatable bonds is 6. The van der Waals surface area contributed by atoms with E-state index in [-0.39, 0.29) is 0 Å². The number of hydrogen-bond donors (Lipinski definition) is 1. The second kappa shape index (κ2) is 8.92. The average molecular weight is 294 g/mol. The molecule has 0 spiro atoms. The molecule has 0 bridgehead atoms. The second-order valence-corrected chi connectivity index (χ2v) is 7.13. The van der Waals surface area contributed by atoms with Crippen molar-refractivity contribution in [1.82, 2.24) is 9.80 Å². The molecule has 1 saturated carbocycles. The Hall–Kier alpha value is -0.380. The summed E-state index contributed by atoms with van der Waals surface area (Å²) in [5.41, 5.74) is 0. The Labute approximate surface area is 131 Å². The lowest BCUT2D eigenvalue weighted by Gasteiger charge is -2.46. The van der Waals surface area contributed by atoms with E-state index >= 15 is 0 Å². The molecule has 1 aliphatic carbocycles. The number of nitrogens with zero attached hydrogens (tertiary/aromatic N) is 2. The van der Waals surface area contributed by atoms with Gasteiger partial charge in [-0.25, -0.2) is 0 Å². The maximum Gasteiger partial charge on any atom is 0.0446 e. The van der Waals surface area contributed by atoms with Crippen molar-refractivity contribution in [2.75, 3.05) is 32.8 Å². The first-order valence-electron chi connectivity index (χ1n) is 8.96. The molecule has 1 atom stereocenters. The molecule has 1 heterocycles. The zero-order chi connectivity index (χ0) is 15.1. The van der Waals surface area contributed by atoms with Crippen molar-refractivity contribution in [2.45, 2.75) is 64.5 Å². The predicted molar refractivity (Wildman–Crippen MR) is 89.5 cm³/mol. The summed E-state index contributed by atoms with van der Waals surface area (Å²) in [6.07, 6.45) is 12.5. The summed E-state index contributed by atoms with van der Waals surface area (Å²) in [5.74, 6) is 0.641. The molecule has 3 nitrogen and oxygen atoms in total. The highest BCUT2D eigenvalue weighted by Gasteiger charge is 2.31. The van der Waals surface area contributed by atoms with Gasteiger partial charge in [-0.3, -0.25) is 9.80 Å². The van der Waals surface area contributed by atoms with Crippen LogP contribution in [0.5, 0.6) is 0 Å². The Morgan fingerprint density at radius 2 is 1.90 bits per heavy atom. The Bertz CT molecular complexity index is 310. The molecular formula is C18H34N2O. The van der Waals surface area contributed by atoms with Crippen molar-refractivity contribution in [2.24, 2.45) is 5.92 Å². The third-order valence-electron chi connectivity index (χ3n) is 5.00. The van der Waals surface area contributed by atoms with E-state index in [1.807, 2.05) is 0 Å². The van der Waals surface area contributed by atoms with Crippen LogP contribution in [0.25, 0.3) is 0 Å². The van der Waals surface area contributed by atoms with Gasteiger partial charge < -0.3 is 5.11 Å². The molecule has 1 saturated heterocycles. The SMILES string of the molecule is CC(C)/C=C/CN1CCN(C2CCCCC2)C(CCO)C1. The lowest BCUT2D eigenvalue weighted by Crippen LogP contribution is -2.57. The molecule has 2 aliphatic rings. The van der Waals surface area contributed by atoms with Crippen LogP contribution in [0.15, 0.2) is 12.2 Å². The summed E-state index contributed by atoms with van der Waals surface area (Å²) in [6, 6.07) is 1.34. The quantitative estimate of drug-likeness (QED) is 0.763. The van der Waals surface area contributed by atoms with Gasteiger partial charge in [0.1, 0.15) is 0 Å². The van der Waals surface area contributed by atoms with Gasteiger partial charge in [0.05, 0.1) is 0 Å². The number of aliphatic hydroxyl groups excluding tert-OH is 1. The van der Waals surface area contributed by atoms with Gasteiger partial charge in [0.25, 0.3) is 0 Å². The van der Waals surface area contributed by atoms with E-state index in [2.05, 4.69) is 35.8 Å². The number of aliphatic hydroxyl groups is 1. The molecule has 122 valence electrons. The zero-order valence-electron chi connectivity index (χ0n) is 14.0. The van der Waals surface area contributed by atoms with Crippen LogP contribution in [0, 0.1) is 5.92 Å². The maximum absolute atomic E-state index is 9.41. The minimum atomic E-state index is 0.323.